The number of carbonyl (C=O) groups is 2. The number of imide groups is 1. The van der Waals surface area contributed by atoms with Crippen LogP contribution in [0.15, 0.2) is 29.6 Å². The summed E-state index contributed by atoms with van der Waals surface area (Å²) in [5.74, 6) is -0.253. The Bertz CT molecular complexity index is 899. The van der Waals surface area contributed by atoms with Crippen molar-refractivity contribution in [1.82, 2.24) is 9.88 Å². The topological polar surface area (TPSA) is 50.3 Å². The third-order valence-corrected chi connectivity index (χ3v) is 6.57. The zero-order chi connectivity index (χ0) is 19.9. The van der Waals surface area contributed by atoms with E-state index in [0.717, 1.165) is 44.2 Å². The molecule has 1 saturated heterocycles. The molecule has 0 bridgehead atoms. The molecule has 1 aromatic heterocycles. The molecule has 2 amide bonds. The average molecular weight is 408 g/mol. The maximum Gasteiger partial charge on any atom is 0.416 e. The van der Waals surface area contributed by atoms with E-state index in [-0.39, 0.29) is 24.8 Å². The van der Waals surface area contributed by atoms with Crippen LogP contribution in [0.5, 0.6) is 0 Å². The predicted molar refractivity (Wildman–Crippen MR) is 98.2 cm³/mol. The van der Waals surface area contributed by atoms with Crippen LogP contribution in [0.4, 0.5) is 13.2 Å². The van der Waals surface area contributed by atoms with Crippen LogP contribution in [-0.4, -0.2) is 21.7 Å². The summed E-state index contributed by atoms with van der Waals surface area (Å²) in [6, 6.07) is 4.82. The molecular weight excluding hydrogens is 389 g/mol. The number of carbonyl (C=O) groups excluding carboxylic acids is 2. The summed E-state index contributed by atoms with van der Waals surface area (Å²) in [5, 5.41) is 2.31. The highest BCUT2D eigenvalue weighted by molar-refractivity contribution is 7.13. The number of rotatable bonds is 3. The first-order chi connectivity index (χ1) is 13.3. The monoisotopic (exact) mass is 408 g/mol. The molecule has 2 aromatic rings. The van der Waals surface area contributed by atoms with Crippen LogP contribution in [0.2, 0.25) is 0 Å². The highest BCUT2D eigenvalue weighted by Gasteiger charge is 2.51. The first kappa shape index (κ1) is 19.1. The van der Waals surface area contributed by atoms with Crippen LogP contribution in [0.1, 0.15) is 49.8 Å². The summed E-state index contributed by atoms with van der Waals surface area (Å²) in [6.45, 7) is 0.122. The summed E-state index contributed by atoms with van der Waals surface area (Å²) in [5.41, 5.74) is -0.0812. The number of halogens is 3. The Hall–Kier alpha value is -2.22. The minimum Gasteiger partial charge on any atom is -0.276 e. The molecule has 2 aliphatic rings. The molecule has 0 unspecified atom stereocenters. The number of likely N-dealkylation sites (tertiary alicyclic amines) is 1. The van der Waals surface area contributed by atoms with Crippen LogP contribution < -0.4 is 0 Å². The second-order valence-electron chi connectivity index (χ2n) is 7.52. The molecule has 1 aliphatic carbocycles. The van der Waals surface area contributed by atoms with Gasteiger partial charge in [-0.15, -0.1) is 11.3 Å². The van der Waals surface area contributed by atoms with E-state index in [0.29, 0.717) is 16.3 Å². The zero-order valence-corrected chi connectivity index (χ0v) is 15.9. The lowest BCUT2D eigenvalue weighted by Crippen LogP contribution is -2.36. The Morgan fingerprint density at radius 1 is 1.07 bits per heavy atom. The van der Waals surface area contributed by atoms with Gasteiger partial charge in [-0.3, -0.25) is 14.5 Å². The number of amides is 2. The van der Waals surface area contributed by atoms with E-state index in [1.165, 1.54) is 28.4 Å². The smallest absolute Gasteiger partial charge is 0.276 e. The van der Waals surface area contributed by atoms with Crippen LogP contribution in [0.25, 0.3) is 10.6 Å². The summed E-state index contributed by atoms with van der Waals surface area (Å²) in [6.07, 6.45) is 0.485. The highest BCUT2D eigenvalue weighted by atomic mass is 32.1. The molecule has 1 aliphatic heterocycles. The summed E-state index contributed by atoms with van der Waals surface area (Å²) >= 11 is 1.29. The third-order valence-electron chi connectivity index (χ3n) is 5.63. The van der Waals surface area contributed by atoms with Gasteiger partial charge in [0.1, 0.15) is 5.01 Å². The molecule has 0 N–H and O–H groups in total. The van der Waals surface area contributed by atoms with Gasteiger partial charge >= 0.3 is 6.18 Å². The molecule has 28 heavy (non-hydrogen) atoms. The van der Waals surface area contributed by atoms with Crippen molar-refractivity contribution in [3.63, 3.8) is 0 Å². The lowest BCUT2D eigenvalue weighted by Gasteiger charge is -2.30. The van der Waals surface area contributed by atoms with E-state index in [1.54, 1.807) is 5.38 Å². The number of hydrogen-bond donors (Lipinski definition) is 0. The summed E-state index contributed by atoms with van der Waals surface area (Å²) in [4.78, 5) is 31.1. The number of aromatic nitrogens is 1. The SMILES string of the molecule is O=C1CC2(CCCCC2)C(=O)N1Cc1csc(-c2ccc(C(F)(F)F)cc2)n1. The number of hydrogen-bond acceptors (Lipinski definition) is 4. The maximum atomic E-state index is 12.9. The average Bonchev–Trinajstić information content (AvgIpc) is 3.21. The van der Waals surface area contributed by atoms with Gasteiger partial charge in [0.25, 0.3) is 0 Å². The van der Waals surface area contributed by atoms with Crippen LogP contribution in [0.3, 0.4) is 0 Å². The number of benzene rings is 1. The lowest BCUT2D eigenvalue weighted by atomic mass is 9.73. The summed E-state index contributed by atoms with van der Waals surface area (Å²) in [7, 11) is 0. The number of thiazole rings is 1. The Morgan fingerprint density at radius 3 is 2.39 bits per heavy atom. The molecule has 1 spiro atoms. The molecule has 1 aromatic carbocycles. The summed E-state index contributed by atoms with van der Waals surface area (Å²) < 4.78 is 38.1. The van der Waals surface area contributed by atoms with Gasteiger partial charge in [0.05, 0.1) is 23.2 Å². The minimum atomic E-state index is -4.38. The number of alkyl halides is 3. The van der Waals surface area contributed by atoms with Gasteiger partial charge < -0.3 is 0 Å². The van der Waals surface area contributed by atoms with Crippen molar-refractivity contribution in [2.24, 2.45) is 5.41 Å². The third kappa shape index (κ3) is 3.45. The van der Waals surface area contributed by atoms with Gasteiger partial charge in [0, 0.05) is 17.4 Å². The van der Waals surface area contributed by atoms with E-state index in [2.05, 4.69) is 4.98 Å². The van der Waals surface area contributed by atoms with Gasteiger partial charge in [-0.25, -0.2) is 4.98 Å². The van der Waals surface area contributed by atoms with E-state index < -0.39 is 17.2 Å². The Balaban J connectivity index is 1.49. The number of nitrogens with zero attached hydrogens (tertiary/aromatic N) is 2. The Labute approximate surface area is 164 Å². The first-order valence-electron chi connectivity index (χ1n) is 9.25. The van der Waals surface area contributed by atoms with Crippen molar-refractivity contribution in [2.45, 2.75) is 51.2 Å². The van der Waals surface area contributed by atoms with E-state index in [4.69, 9.17) is 0 Å². The van der Waals surface area contributed by atoms with Gasteiger partial charge in [0.15, 0.2) is 0 Å². The van der Waals surface area contributed by atoms with Crippen molar-refractivity contribution < 1.29 is 22.8 Å². The van der Waals surface area contributed by atoms with E-state index in [1.807, 2.05) is 0 Å². The van der Waals surface area contributed by atoms with Gasteiger partial charge in [-0.1, -0.05) is 31.4 Å². The quantitative estimate of drug-likeness (QED) is 0.669. The second kappa shape index (κ2) is 6.99. The van der Waals surface area contributed by atoms with Crippen molar-refractivity contribution in [3.8, 4) is 10.6 Å². The largest absolute Gasteiger partial charge is 0.416 e. The molecule has 1 saturated carbocycles. The normalized spacial score (nSPS) is 19.6. The standard InChI is InChI=1S/C20H19F3N2O2S/c21-20(22,23)14-6-4-13(5-7-14)17-24-15(12-28-17)11-25-16(26)10-19(18(25)27)8-2-1-3-9-19/h4-7,12H,1-3,8-11H2. The zero-order valence-electron chi connectivity index (χ0n) is 15.1. The highest BCUT2D eigenvalue weighted by Crippen LogP contribution is 2.45. The van der Waals surface area contributed by atoms with Crippen LogP contribution in [0, 0.1) is 5.41 Å². The van der Waals surface area contributed by atoms with Gasteiger partial charge in [-0.2, -0.15) is 13.2 Å². The fourth-order valence-electron chi connectivity index (χ4n) is 4.12. The fraction of sp³-hybridized carbons (Fsp3) is 0.450. The van der Waals surface area contributed by atoms with Gasteiger partial charge in [-0.05, 0) is 25.0 Å². The Kier molecular flexibility index (Phi) is 4.77. The second-order valence-corrected chi connectivity index (χ2v) is 8.38. The van der Waals surface area contributed by atoms with Crippen LogP contribution in [-0.2, 0) is 22.3 Å². The lowest BCUT2D eigenvalue weighted by molar-refractivity contribution is -0.143. The van der Waals surface area contributed by atoms with Crippen molar-refractivity contribution in [2.75, 3.05) is 0 Å². The van der Waals surface area contributed by atoms with Crippen molar-refractivity contribution >= 4 is 23.2 Å². The molecule has 0 atom stereocenters. The Morgan fingerprint density at radius 2 is 1.75 bits per heavy atom. The molecule has 2 fully saturated rings. The molecule has 0 radical (unpaired) electrons. The predicted octanol–water partition coefficient (Wildman–Crippen LogP) is 5.04. The van der Waals surface area contributed by atoms with E-state index in [9.17, 15) is 22.8 Å². The fourth-order valence-corrected chi connectivity index (χ4v) is 4.93. The van der Waals surface area contributed by atoms with Crippen LogP contribution >= 0.6 is 11.3 Å². The molecule has 4 rings (SSSR count). The maximum absolute atomic E-state index is 12.9. The van der Waals surface area contributed by atoms with Crippen molar-refractivity contribution in [1.29, 1.82) is 0 Å². The first-order valence-corrected chi connectivity index (χ1v) is 10.1. The molecule has 4 nitrogen and oxygen atoms in total. The molecule has 8 heteroatoms. The van der Waals surface area contributed by atoms with Gasteiger partial charge in [0.2, 0.25) is 11.8 Å². The van der Waals surface area contributed by atoms with E-state index >= 15 is 0 Å². The minimum absolute atomic E-state index is 0.0960. The molecular formula is C20H19F3N2O2S. The van der Waals surface area contributed by atoms with Crippen molar-refractivity contribution in [3.05, 3.63) is 40.9 Å². The molecule has 2 heterocycles. The molecule has 148 valence electrons.